The van der Waals surface area contributed by atoms with Gasteiger partial charge >= 0.3 is 0 Å². The summed E-state index contributed by atoms with van der Waals surface area (Å²) in [5.74, 6) is 0.225. The monoisotopic (exact) mass is 329 g/mol. The number of hydrogen-bond acceptors (Lipinski definition) is 5. The van der Waals surface area contributed by atoms with Crippen LogP contribution in [0.5, 0.6) is 0 Å². The Balaban J connectivity index is 0. The Bertz CT molecular complexity index is 291. The normalized spacial score (nSPS) is 12.3. The van der Waals surface area contributed by atoms with Crippen LogP contribution < -0.4 is 16.4 Å². The molecule has 0 saturated carbocycles. The Kier molecular flexibility index (Phi) is 11.9. The topological polar surface area (TPSA) is 84.2 Å². The lowest BCUT2D eigenvalue weighted by atomic mass is 9.95. The molecule has 0 bridgehead atoms. The van der Waals surface area contributed by atoms with Crippen LogP contribution >= 0.6 is 37.7 Å². The molecule has 4 N–H and O–H groups in total. The number of carbonyl (C=O) groups excluding carboxylic acids is 2. The zero-order valence-corrected chi connectivity index (χ0v) is 13.9. The zero-order chi connectivity index (χ0) is 14.2. The summed E-state index contributed by atoms with van der Waals surface area (Å²) in [5, 5.41) is 5.38. The molecule has 0 aliphatic carbocycles. The number of amides is 2. The van der Waals surface area contributed by atoms with Gasteiger partial charge < -0.3 is 16.4 Å². The molecule has 0 heterocycles. The highest BCUT2D eigenvalue weighted by Gasteiger charge is 2.29. The van der Waals surface area contributed by atoms with Gasteiger partial charge in [-0.05, 0) is 13.0 Å². The second kappa shape index (κ2) is 10.7. The number of nitrogens with two attached hydrogens (primary N) is 1. The first kappa shape index (κ1) is 21.2. The lowest BCUT2D eigenvalue weighted by molar-refractivity contribution is -0.132. The third-order valence-electron chi connectivity index (χ3n) is 2.49. The largest absolute Gasteiger partial charge is 0.354 e. The minimum absolute atomic E-state index is 0. The van der Waals surface area contributed by atoms with Gasteiger partial charge in [-0.15, -0.1) is 12.4 Å². The molecule has 0 aromatic carbocycles. The molecule has 5 nitrogen and oxygen atoms in total. The number of hydrogen-bond donors (Lipinski definition) is 5. The Morgan fingerprint density at radius 2 is 1.89 bits per heavy atom. The van der Waals surface area contributed by atoms with Gasteiger partial charge in [0, 0.05) is 18.1 Å². The van der Waals surface area contributed by atoms with Crippen LogP contribution in [-0.2, 0) is 9.59 Å². The van der Waals surface area contributed by atoms with Gasteiger partial charge in [0.05, 0.1) is 5.41 Å². The van der Waals surface area contributed by atoms with Crippen molar-refractivity contribution in [3.63, 3.8) is 0 Å². The van der Waals surface area contributed by atoms with E-state index in [-0.39, 0.29) is 30.0 Å². The lowest BCUT2D eigenvalue weighted by Crippen LogP contribution is -2.52. The van der Waals surface area contributed by atoms with Gasteiger partial charge in [0.2, 0.25) is 11.8 Å². The molecule has 0 aromatic heterocycles. The molecule has 0 rings (SSSR count). The van der Waals surface area contributed by atoms with Gasteiger partial charge in [-0.3, -0.25) is 9.59 Å². The summed E-state index contributed by atoms with van der Waals surface area (Å²) < 4.78 is 0. The molecule has 0 unspecified atom stereocenters. The Morgan fingerprint density at radius 1 is 1.32 bits per heavy atom. The van der Waals surface area contributed by atoms with Gasteiger partial charge in [-0.1, -0.05) is 13.8 Å². The van der Waals surface area contributed by atoms with Crippen molar-refractivity contribution < 1.29 is 9.59 Å². The number of rotatable bonds is 8. The van der Waals surface area contributed by atoms with E-state index in [9.17, 15) is 9.59 Å². The maximum absolute atomic E-state index is 11.9. The molecule has 0 aliphatic rings. The molecular formula is C11H24ClN3O2S2. The molecule has 0 spiro atoms. The van der Waals surface area contributed by atoms with Crippen LogP contribution in [0.15, 0.2) is 0 Å². The van der Waals surface area contributed by atoms with Crippen molar-refractivity contribution in [2.45, 2.75) is 26.3 Å². The van der Waals surface area contributed by atoms with Crippen LogP contribution in [0.25, 0.3) is 0 Å². The first-order valence-electron chi connectivity index (χ1n) is 5.89. The first-order chi connectivity index (χ1) is 8.38. The fourth-order valence-electron chi connectivity index (χ4n) is 1.06. The smallest absolute Gasteiger partial charge is 0.243 e. The van der Waals surface area contributed by atoms with Gasteiger partial charge in [-0.2, -0.15) is 25.3 Å². The predicted molar refractivity (Wildman–Crippen MR) is 87.3 cm³/mol. The number of carbonyl (C=O) groups is 2. The summed E-state index contributed by atoms with van der Waals surface area (Å²) in [6.07, 6.45) is 0.709. The highest BCUT2D eigenvalue weighted by Crippen LogP contribution is 2.16. The van der Waals surface area contributed by atoms with Gasteiger partial charge in [0.15, 0.2) is 0 Å². The third kappa shape index (κ3) is 7.91. The molecule has 0 saturated heterocycles. The molecule has 19 heavy (non-hydrogen) atoms. The first-order valence-corrected chi connectivity index (χ1v) is 7.16. The van der Waals surface area contributed by atoms with Crippen LogP contribution in [0.3, 0.4) is 0 Å². The van der Waals surface area contributed by atoms with Crippen LogP contribution in [0.4, 0.5) is 0 Å². The summed E-state index contributed by atoms with van der Waals surface area (Å²) in [6.45, 7) is 4.57. The SMILES string of the molecule is CC(C)(CS)C(=O)N[C@@H](CS)C(=O)NCCCN.Cl. The van der Waals surface area contributed by atoms with Gasteiger partial charge in [-0.25, -0.2) is 0 Å². The van der Waals surface area contributed by atoms with E-state index in [2.05, 4.69) is 35.9 Å². The van der Waals surface area contributed by atoms with Crippen molar-refractivity contribution in [1.29, 1.82) is 0 Å². The highest BCUT2D eigenvalue weighted by molar-refractivity contribution is 7.80. The molecule has 0 fully saturated rings. The van der Waals surface area contributed by atoms with E-state index in [0.717, 1.165) is 0 Å². The van der Waals surface area contributed by atoms with Crippen LogP contribution in [-0.4, -0.2) is 42.5 Å². The van der Waals surface area contributed by atoms with Gasteiger partial charge in [0.25, 0.3) is 0 Å². The minimum atomic E-state index is -0.627. The molecule has 8 heteroatoms. The predicted octanol–water partition coefficient (Wildman–Crippen LogP) is 0.244. The molecular weight excluding hydrogens is 306 g/mol. The van der Waals surface area contributed by atoms with Crippen molar-refractivity contribution in [2.24, 2.45) is 11.1 Å². The van der Waals surface area contributed by atoms with Crippen LogP contribution in [0.2, 0.25) is 0 Å². The van der Waals surface area contributed by atoms with E-state index in [0.29, 0.717) is 25.3 Å². The molecule has 0 radical (unpaired) electrons. The standard InChI is InChI=1S/C11H23N3O2S2.ClH/c1-11(2,7-18)10(16)14-8(6-17)9(15)13-5-3-4-12;/h8,17-18H,3-7,12H2,1-2H3,(H,13,15)(H,14,16);1H/t8-;/m0./s1. The van der Waals surface area contributed by atoms with Crippen LogP contribution in [0, 0.1) is 5.41 Å². The molecule has 1 atom stereocenters. The van der Waals surface area contributed by atoms with Crippen LogP contribution in [0.1, 0.15) is 20.3 Å². The quantitative estimate of drug-likeness (QED) is 0.327. The maximum Gasteiger partial charge on any atom is 0.243 e. The molecule has 0 aromatic rings. The fraction of sp³-hybridized carbons (Fsp3) is 0.818. The van der Waals surface area contributed by atoms with Crippen molar-refractivity contribution >= 4 is 49.5 Å². The number of thiol groups is 2. The van der Waals surface area contributed by atoms with Crippen molar-refractivity contribution in [2.75, 3.05) is 24.6 Å². The Labute approximate surface area is 132 Å². The summed E-state index contributed by atoms with van der Waals surface area (Å²) in [6, 6.07) is -0.627. The van der Waals surface area contributed by atoms with Crippen molar-refractivity contribution in [1.82, 2.24) is 10.6 Å². The molecule has 0 aliphatic heterocycles. The van der Waals surface area contributed by atoms with E-state index in [1.807, 2.05) is 0 Å². The summed E-state index contributed by atoms with van der Waals surface area (Å²) in [4.78, 5) is 23.7. The lowest BCUT2D eigenvalue weighted by Gasteiger charge is -2.24. The number of nitrogens with one attached hydrogen (secondary N) is 2. The zero-order valence-electron chi connectivity index (χ0n) is 11.3. The second-order valence-electron chi connectivity index (χ2n) is 4.68. The highest BCUT2D eigenvalue weighted by atomic mass is 35.5. The van der Waals surface area contributed by atoms with Gasteiger partial charge in [0.1, 0.15) is 6.04 Å². The Morgan fingerprint density at radius 3 is 2.32 bits per heavy atom. The summed E-state index contributed by atoms with van der Waals surface area (Å²) in [5.41, 5.74) is 4.73. The average molecular weight is 330 g/mol. The average Bonchev–Trinajstić information content (AvgIpc) is 2.35. The molecule has 114 valence electrons. The van der Waals surface area contributed by atoms with E-state index < -0.39 is 11.5 Å². The molecule has 2 amide bonds. The number of halogens is 1. The van der Waals surface area contributed by atoms with E-state index in [4.69, 9.17) is 5.73 Å². The minimum Gasteiger partial charge on any atom is -0.354 e. The third-order valence-corrected chi connectivity index (χ3v) is 3.65. The van der Waals surface area contributed by atoms with Crippen molar-refractivity contribution in [3.05, 3.63) is 0 Å². The van der Waals surface area contributed by atoms with Crippen molar-refractivity contribution in [3.8, 4) is 0 Å². The van der Waals surface area contributed by atoms with E-state index in [1.165, 1.54) is 0 Å². The maximum atomic E-state index is 11.9. The Hall–Kier alpha value is -0.110. The van der Waals surface area contributed by atoms with E-state index in [1.54, 1.807) is 13.8 Å². The second-order valence-corrected chi connectivity index (χ2v) is 5.37. The fourth-order valence-corrected chi connectivity index (χ4v) is 1.46. The summed E-state index contributed by atoms with van der Waals surface area (Å²) >= 11 is 8.20. The summed E-state index contributed by atoms with van der Waals surface area (Å²) in [7, 11) is 0. The van der Waals surface area contributed by atoms with E-state index >= 15 is 0 Å².